The molecule has 0 unspecified atom stereocenters. The van der Waals surface area contributed by atoms with Crippen molar-refractivity contribution < 1.29 is 9.53 Å². The topological polar surface area (TPSA) is 50.7 Å². The number of hydrogen-bond acceptors (Lipinski definition) is 3. The van der Waals surface area contributed by atoms with E-state index >= 15 is 0 Å². The normalized spacial score (nSPS) is 11.2. The molecule has 0 saturated carbocycles. The highest BCUT2D eigenvalue weighted by Gasteiger charge is 2.06. The largest absolute Gasteiger partial charge is 0.483 e. The van der Waals surface area contributed by atoms with Crippen LogP contribution in [0.5, 0.6) is 5.75 Å². The van der Waals surface area contributed by atoms with Gasteiger partial charge in [0, 0.05) is 5.02 Å². The lowest BCUT2D eigenvalue weighted by Crippen LogP contribution is -2.25. The molecule has 0 fully saturated rings. The Morgan fingerprint density at radius 2 is 1.96 bits per heavy atom. The lowest BCUT2D eigenvalue weighted by atomic mass is 10.1. The quantitative estimate of drug-likeness (QED) is 0.560. The first kappa shape index (κ1) is 18.5. The second kappa shape index (κ2) is 8.85. The van der Waals surface area contributed by atoms with Crippen LogP contribution in [0.3, 0.4) is 0 Å². The van der Waals surface area contributed by atoms with Gasteiger partial charge >= 0.3 is 0 Å². The number of nitrogens with one attached hydrogen (secondary N) is 1. The molecule has 126 valence electrons. The molecule has 2 rings (SSSR count). The Morgan fingerprint density at radius 1 is 1.25 bits per heavy atom. The van der Waals surface area contributed by atoms with E-state index in [1.807, 2.05) is 37.3 Å². The van der Waals surface area contributed by atoms with Crippen LogP contribution >= 0.6 is 27.5 Å². The monoisotopic (exact) mass is 408 g/mol. The van der Waals surface area contributed by atoms with Gasteiger partial charge in [-0.25, -0.2) is 5.43 Å². The summed E-state index contributed by atoms with van der Waals surface area (Å²) in [6.07, 6.45) is 0.943. The molecule has 0 atom stereocenters. The van der Waals surface area contributed by atoms with E-state index in [0.29, 0.717) is 16.5 Å². The minimum absolute atomic E-state index is 0.110. The highest BCUT2D eigenvalue weighted by Crippen LogP contribution is 2.26. The van der Waals surface area contributed by atoms with E-state index in [1.165, 1.54) is 5.56 Å². The van der Waals surface area contributed by atoms with Gasteiger partial charge in [-0.2, -0.15) is 5.10 Å². The van der Waals surface area contributed by atoms with Crippen molar-refractivity contribution in [2.45, 2.75) is 20.3 Å². The zero-order chi connectivity index (χ0) is 17.5. The lowest BCUT2D eigenvalue weighted by molar-refractivity contribution is -0.123. The summed E-state index contributed by atoms with van der Waals surface area (Å²) in [6.45, 7) is 3.78. The maximum atomic E-state index is 11.9. The van der Waals surface area contributed by atoms with E-state index in [2.05, 4.69) is 33.4 Å². The van der Waals surface area contributed by atoms with Crippen molar-refractivity contribution >= 4 is 39.1 Å². The number of hydrazone groups is 1. The van der Waals surface area contributed by atoms with Gasteiger partial charge in [0.05, 0.1) is 10.2 Å². The summed E-state index contributed by atoms with van der Waals surface area (Å²) in [4.78, 5) is 11.9. The number of carbonyl (C=O) groups excluding carboxylic acids is 1. The summed E-state index contributed by atoms with van der Waals surface area (Å²) < 4.78 is 6.34. The van der Waals surface area contributed by atoms with E-state index in [4.69, 9.17) is 16.3 Å². The zero-order valence-corrected chi connectivity index (χ0v) is 15.8. The molecule has 0 spiro atoms. The van der Waals surface area contributed by atoms with Crippen LogP contribution < -0.4 is 10.2 Å². The number of nitrogens with zero attached hydrogens (tertiary/aromatic N) is 1. The fourth-order valence-corrected chi connectivity index (χ4v) is 2.63. The van der Waals surface area contributed by atoms with Crippen LogP contribution in [0, 0.1) is 0 Å². The number of aryl methyl sites for hydroxylation is 1. The number of ether oxygens (including phenoxy) is 1. The lowest BCUT2D eigenvalue weighted by Gasteiger charge is -2.09. The molecule has 0 aromatic heterocycles. The molecule has 0 aliphatic rings. The molecular weight excluding hydrogens is 392 g/mol. The molecular formula is C18H18BrClN2O2. The fraction of sp³-hybridized carbons (Fsp3) is 0.222. The summed E-state index contributed by atoms with van der Waals surface area (Å²) in [6, 6.07) is 13.0. The maximum Gasteiger partial charge on any atom is 0.277 e. The highest BCUT2D eigenvalue weighted by atomic mass is 79.9. The molecule has 0 bridgehead atoms. The first-order valence-corrected chi connectivity index (χ1v) is 8.67. The predicted molar refractivity (Wildman–Crippen MR) is 101 cm³/mol. The van der Waals surface area contributed by atoms with Crippen molar-refractivity contribution in [3.8, 4) is 5.75 Å². The number of amides is 1. The van der Waals surface area contributed by atoms with Crippen LogP contribution in [0.1, 0.15) is 25.0 Å². The van der Waals surface area contributed by atoms with E-state index in [1.54, 1.807) is 12.1 Å². The van der Waals surface area contributed by atoms with Gasteiger partial charge in [-0.15, -0.1) is 0 Å². The number of halogens is 2. The van der Waals surface area contributed by atoms with E-state index in [-0.39, 0.29) is 12.5 Å². The standard InChI is InChI=1S/C18H18BrClN2O2/c1-3-13-4-9-17(16(19)10-13)24-11-18(23)22-21-12(2)14-5-7-15(20)8-6-14/h4-10H,3,11H2,1-2H3,(H,22,23)/b21-12+. The van der Waals surface area contributed by atoms with Crippen LogP contribution in [0.2, 0.25) is 5.02 Å². The molecule has 2 aromatic carbocycles. The molecule has 2 aromatic rings. The number of carbonyl (C=O) groups is 1. The van der Waals surface area contributed by atoms with Crippen LogP contribution in [-0.2, 0) is 11.2 Å². The van der Waals surface area contributed by atoms with Crippen LogP contribution in [0.4, 0.5) is 0 Å². The van der Waals surface area contributed by atoms with Gasteiger partial charge in [0.25, 0.3) is 5.91 Å². The smallest absolute Gasteiger partial charge is 0.277 e. The van der Waals surface area contributed by atoms with Crippen molar-refractivity contribution in [2.24, 2.45) is 5.10 Å². The van der Waals surface area contributed by atoms with Crippen molar-refractivity contribution in [3.63, 3.8) is 0 Å². The fourth-order valence-electron chi connectivity index (χ4n) is 1.96. The summed E-state index contributed by atoms with van der Waals surface area (Å²) in [5, 5.41) is 4.72. The van der Waals surface area contributed by atoms with Crippen LogP contribution in [-0.4, -0.2) is 18.2 Å². The highest BCUT2D eigenvalue weighted by molar-refractivity contribution is 9.10. The van der Waals surface area contributed by atoms with Gasteiger partial charge < -0.3 is 4.74 Å². The van der Waals surface area contributed by atoms with Crippen LogP contribution in [0.15, 0.2) is 52.0 Å². The van der Waals surface area contributed by atoms with Crippen molar-refractivity contribution in [2.75, 3.05) is 6.61 Å². The van der Waals surface area contributed by atoms with Gasteiger partial charge in [-0.05, 0) is 64.7 Å². The summed E-state index contributed by atoms with van der Waals surface area (Å²) >= 11 is 9.29. The molecule has 0 saturated heterocycles. The Hall–Kier alpha value is -1.85. The third kappa shape index (κ3) is 5.35. The van der Waals surface area contributed by atoms with Gasteiger partial charge in [-0.1, -0.05) is 36.7 Å². The van der Waals surface area contributed by atoms with Gasteiger partial charge in [-0.3, -0.25) is 4.79 Å². The molecule has 1 amide bonds. The minimum Gasteiger partial charge on any atom is -0.483 e. The van der Waals surface area contributed by atoms with Gasteiger partial charge in [0.2, 0.25) is 0 Å². The van der Waals surface area contributed by atoms with Gasteiger partial charge in [0.1, 0.15) is 5.75 Å². The third-order valence-corrected chi connectivity index (χ3v) is 4.25. The molecule has 4 nitrogen and oxygen atoms in total. The van der Waals surface area contributed by atoms with E-state index in [9.17, 15) is 4.79 Å². The first-order valence-electron chi connectivity index (χ1n) is 7.50. The zero-order valence-electron chi connectivity index (χ0n) is 13.5. The maximum absolute atomic E-state index is 11.9. The summed E-state index contributed by atoms with van der Waals surface area (Å²) in [5.74, 6) is 0.301. The Labute approximate surface area is 155 Å². The minimum atomic E-state index is -0.324. The predicted octanol–water partition coefficient (Wildman–Crippen LogP) is 4.58. The SMILES string of the molecule is CCc1ccc(OCC(=O)N/N=C(\C)c2ccc(Cl)cc2)c(Br)c1. The molecule has 0 heterocycles. The van der Waals surface area contributed by atoms with Crippen molar-refractivity contribution in [1.29, 1.82) is 0 Å². The molecule has 0 radical (unpaired) electrons. The number of hydrogen-bond donors (Lipinski definition) is 1. The number of benzene rings is 2. The second-order valence-corrected chi connectivity index (χ2v) is 6.44. The Kier molecular flexibility index (Phi) is 6.82. The van der Waals surface area contributed by atoms with Crippen molar-refractivity contribution in [1.82, 2.24) is 5.43 Å². The summed E-state index contributed by atoms with van der Waals surface area (Å²) in [7, 11) is 0. The molecule has 6 heteroatoms. The van der Waals surface area contributed by atoms with Gasteiger partial charge in [0.15, 0.2) is 6.61 Å². The summed E-state index contributed by atoms with van der Waals surface area (Å²) in [5.41, 5.74) is 5.26. The molecule has 0 aliphatic heterocycles. The first-order chi connectivity index (χ1) is 11.5. The molecule has 0 aliphatic carbocycles. The Morgan fingerprint density at radius 3 is 2.58 bits per heavy atom. The second-order valence-electron chi connectivity index (χ2n) is 5.15. The molecule has 1 N–H and O–H groups in total. The van der Waals surface area contributed by atoms with Crippen molar-refractivity contribution in [3.05, 3.63) is 63.1 Å². The third-order valence-electron chi connectivity index (χ3n) is 3.37. The Bertz CT molecular complexity index is 745. The average Bonchev–Trinajstić information content (AvgIpc) is 2.59. The number of rotatable bonds is 6. The van der Waals surface area contributed by atoms with E-state index in [0.717, 1.165) is 16.5 Å². The van der Waals surface area contributed by atoms with Crippen LogP contribution in [0.25, 0.3) is 0 Å². The Balaban J connectivity index is 1.89. The van der Waals surface area contributed by atoms with E-state index < -0.39 is 0 Å². The average molecular weight is 410 g/mol. The molecule has 24 heavy (non-hydrogen) atoms.